The maximum absolute atomic E-state index is 5.42. The third-order valence-corrected chi connectivity index (χ3v) is 2.55. The lowest BCUT2D eigenvalue weighted by Crippen LogP contribution is -1.99. The van der Waals surface area contributed by atoms with Gasteiger partial charge in [-0.15, -0.1) is 0 Å². The van der Waals surface area contributed by atoms with Crippen molar-refractivity contribution in [3.63, 3.8) is 0 Å². The summed E-state index contributed by atoms with van der Waals surface area (Å²) in [5.41, 5.74) is 5.42. The second kappa shape index (κ2) is 7.35. The van der Waals surface area contributed by atoms with E-state index in [0.717, 1.165) is 32.2 Å². The molecule has 1 heterocycles. The molecule has 0 aliphatic carbocycles. The van der Waals surface area contributed by atoms with Gasteiger partial charge in [0.15, 0.2) is 5.82 Å². The largest absolute Gasteiger partial charge is 0.374 e. The minimum absolute atomic E-state index is 0.102. The summed E-state index contributed by atoms with van der Waals surface area (Å²) in [7, 11) is 1.63. The molecule has 5 heteroatoms. The molecule has 1 aromatic rings. The van der Waals surface area contributed by atoms with E-state index in [0.29, 0.717) is 11.7 Å². The van der Waals surface area contributed by atoms with Gasteiger partial charge in [0.1, 0.15) is 6.10 Å². The van der Waals surface area contributed by atoms with Crippen LogP contribution in [0.1, 0.15) is 50.4 Å². The number of nitrogens with zero attached hydrogens (tertiary/aromatic N) is 2. The molecule has 0 saturated heterocycles. The molecule has 5 nitrogen and oxygen atoms in total. The predicted molar refractivity (Wildman–Crippen MR) is 60.9 cm³/mol. The fraction of sp³-hybridized carbons (Fsp3) is 0.818. The summed E-state index contributed by atoms with van der Waals surface area (Å²) in [6.07, 6.45) is 5.24. The smallest absolute Gasteiger partial charge is 0.226 e. The number of unbranched alkanes of at least 4 members (excludes halogenated alkanes) is 3. The van der Waals surface area contributed by atoms with Crippen molar-refractivity contribution in [3.05, 3.63) is 11.7 Å². The van der Waals surface area contributed by atoms with Gasteiger partial charge in [0.2, 0.25) is 5.89 Å². The molecule has 0 bridgehead atoms. The molecule has 0 saturated carbocycles. The van der Waals surface area contributed by atoms with Crippen LogP contribution in [0.3, 0.4) is 0 Å². The Balaban J connectivity index is 2.24. The summed E-state index contributed by atoms with van der Waals surface area (Å²) in [5, 5.41) is 3.87. The van der Waals surface area contributed by atoms with Gasteiger partial charge in [-0.2, -0.15) is 4.98 Å². The first-order chi connectivity index (χ1) is 7.77. The number of nitrogens with two attached hydrogens (primary N) is 1. The Hall–Kier alpha value is -0.940. The molecule has 1 atom stereocenters. The highest BCUT2D eigenvalue weighted by atomic mass is 16.5. The highest BCUT2D eigenvalue weighted by molar-refractivity contribution is 4.89. The summed E-state index contributed by atoms with van der Waals surface area (Å²) in [5.74, 6) is 1.33. The van der Waals surface area contributed by atoms with Crippen LogP contribution in [0.5, 0.6) is 0 Å². The van der Waals surface area contributed by atoms with Crippen molar-refractivity contribution < 1.29 is 9.26 Å². The van der Waals surface area contributed by atoms with Crippen molar-refractivity contribution in [1.29, 1.82) is 0 Å². The maximum Gasteiger partial charge on any atom is 0.226 e. The normalized spacial score (nSPS) is 12.9. The molecular weight excluding hydrogens is 206 g/mol. The van der Waals surface area contributed by atoms with Gasteiger partial charge in [-0.1, -0.05) is 18.0 Å². The Bertz CT molecular complexity index is 289. The number of methoxy groups -OCH3 is 1. The molecule has 0 spiro atoms. The topological polar surface area (TPSA) is 74.2 Å². The van der Waals surface area contributed by atoms with Crippen LogP contribution in [0.2, 0.25) is 0 Å². The zero-order valence-electron chi connectivity index (χ0n) is 10.1. The van der Waals surface area contributed by atoms with Crippen molar-refractivity contribution in [2.45, 2.75) is 45.1 Å². The molecular formula is C11H21N3O2. The second-order valence-corrected chi connectivity index (χ2v) is 3.88. The van der Waals surface area contributed by atoms with Crippen LogP contribution in [-0.4, -0.2) is 23.8 Å². The van der Waals surface area contributed by atoms with Crippen LogP contribution in [-0.2, 0) is 11.2 Å². The van der Waals surface area contributed by atoms with Crippen LogP contribution in [0.4, 0.5) is 0 Å². The first-order valence-electron chi connectivity index (χ1n) is 5.83. The van der Waals surface area contributed by atoms with Crippen molar-refractivity contribution in [2.24, 2.45) is 5.73 Å². The van der Waals surface area contributed by atoms with E-state index in [2.05, 4.69) is 10.1 Å². The molecule has 0 amide bonds. The van der Waals surface area contributed by atoms with Crippen LogP contribution < -0.4 is 5.73 Å². The lowest BCUT2D eigenvalue weighted by Gasteiger charge is -2.00. The third kappa shape index (κ3) is 4.28. The SMILES string of the molecule is COC(C)c1noc(CCCCCCN)n1. The van der Waals surface area contributed by atoms with Crippen LogP contribution in [0, 0.1) is 0 Å². The molecule has 16 heavy (non-hydrogen) atoms. The number of hydrogen-bond acceptors (Lipinski definition) is 5. The molecule has 0 radical (unpaired) electrons. The number of rotatable bonds is 8. The monoisotopic (exact) mass is 227 g/mol. The van der Waals surface area contributed by atoms with E-state index < -0.39 is 0 Å². The Kier molecular flexibility index (Phi) is 6.03. The van der Waals surface area contributed by atoms with Gasteiger partial charge >= 0.3 is 0 Å². The quantitative estimate of drug-likeness (QED) is 0.686. The Morgan fingerprint density at radius 3 is 2.75 bits per heavy atom. The molecule has 1 aromatic heterocycles. The number of hydrogen-bond donors (Lipinski definition) is 1. The average Bonchev–Trinajstić information content (AvgIpc) is 2.76. The van der Waals surface area contributed by atoms with Crippen molar-refractivity contribution in [3.8, 4) is 0 Å². The van der Waals surface area contributed by atoms with E-state index in [4.69, 9.17) is 15.0 Å². The van der Waals surface area contributed by atoms with Gasteiger partial charge in [-0.3, -0.25) is 0 Å². The maximum atomic E-state index is 5.42. The highest BCUT2D eigenvalue weighted by Gasteiger charge is 2.12. The third-order valence-electron chi connectivity index (χ3n) is 2.55. The summed E-state index contributed by atoms with van der Waals surface area (Å²) < 4.78 is 10.2. The standard InChI is InChI=1S/C11H21N3O2/c1-9(15-2)11-13-10(16-14-11)7-5-3-4-6-8-12/h9H,3-8,12H2,1-2H3. The molecule has 0 aliphatic rings. The number of aryl methyl sites for hydroxylation is 1. The van der Waals surface area contributed by atoms with Crippen molar-refractivity contribution >= 4 is 0 Å². The van der Waals surface area contributed by atoms with Crippen LogP contribution in [0.15, 0.2) is 4.52 Å². The average molecular weight is 227 g/mol. The molecule has 0 aliphatic heterocycles. The Morgan fingerprint density at radius 2 is 2.06 bits per heavy atom. The summed E-state index contributed by atoms with van der Waals surface area (Å²) in [4.78, 5) is 4.27. The molecule has 2 N–H and O–H groups in total. The lowest BCUT2D eigenvalue weighted by molar-refractivity contribution is 0.109. The molecule has 0 fully saturated rings. The van der Waals surface area contributed by atoms with Crippen LogP contribution >= 0.6 is 0 Å². The Labute approximate surface area is 96.4 Å². The molecule has 0 aromatic carbocycles. The minimum Gasteiger partial charge on any atom is -0.374 e. The number of aromatic nitrogens is 2. The molecule has 1 unspecified atom stereocenters. The van der Waals surface area contributed by atoms with Gasteiger partial charge in [0.05, 0.1) is 0 Å². The summed E-state index contributed by atoms with van der Waals surface area (Å²) in [6, 6.07) is 0. The fourth-order valence-corrected chi connectivity index (χ4v) is 1.41. The summed E-state index contributed by atoms with van der Waals surface area (Å²) in [6.45, 7) is 2.67. The van der Waals surface area contributed by atoms with E-state index in [9.17, 15) is 0 Å². The van der Waals surface area contributed by atoms with E-state index in [-0.39, 0.29) is 6.10 Å². The van der Waals surface area contributed by atoms with Gasteiger partial charge in [0.25, 0.3) is 0 Å². The van der Waals surface area contributed by atoms with Gasteiger partial charge in [-0.25, -0.2) is 0 Å². The van der Waals surface area contributed by atoms with Crippen molar-refractivity contribution in [2.75, 3.05) is 13.7 Å². The highest BCUT2D eigenvalue weighted by Crippen LogP contribution is 2.13. The van der Waals surface area contributed by atoms with Gasteiger partial charge in [-0.05, 0) is 26.3 Å². The van der Waals surface area contributed by atoms with E-state index >= 15 is 0 Å². The first-order valence-corrected chi connectivity index (χ1v) is 5.83. The zero-order valence-corrected chi connectivity index (χ0v) is 10.1. The van der Waals surface area contributed by atoms with E-state index in [1.54, 1.807) is 7.11 Å². The van der Waals surface area contributed by atoms with Gasteiger partial charge < -0.3 is 15.0 Å². The minimum atomic E-state index is -0.102. The van der Waals surface area contributed by atoms with Crippen molar-refractivity contribution in [1.82, 2.24) is 10.1 Å². The lowest BCUT2D eigenvalue weighted by atomic mass is 10.1. The summed E-state index contributed by atoms with van der Waals surface area (Å²) >= 11 is 0. The first kappa shape index (κ1) is 13.1. The van der Waals surface area contributed by atoms with E-state index in [1.165, 1.54) is 6.42 Å². The fourth-order valence-electron chi connectivity index (χ4n) is 1.41. The predicted octanol–water partition coefficient (Wildman–Crippen LogP) is 1.84. The van der Waals surface area contributed by atoms with Gasteiger partial charge in [0, 0.05) is 13.5 Å². The Morgan fingerprint density at radius 1 is 1.31 bits per heavy atom. The second-order valence-electron chi connectivity index (χ2n) is 3.88. The van der Waals surface area contributed by atoms with E-state index in [1.807, 2.05) is 6.92 Å². The molecule has 1 rings (SSSR count). The number of ether oxygens (including phenoxy) is 1. The van der Waals surface area contributed by atoms with Crippen LogP contribution in [0.25, 0.3) is 0 Å². The molecule has 92 valence electrons. The zero-order chi connectivity index (χ0) is 11.8.